The first-order valence-electron chi connectivity index (χ1n) is 7.01. The number of carboxylic acid groups (broad SMARTS) is 1. The van der Waals surface area contributed by atoms with Crippen molar-refractivity contribution in [2.45, 2.75) is 12.8 Å². The van der Waals surface area contributed by atoms with Crippen LogP contribution in [0, 0.1) is 0 Å². The number of nitrogens with zero attached hydrogens (tertiary/aromatic N) is 2. The Morgan fingerprint density at radius 1 is 1.41 bits per heavy atom. The van der Waals surface area contributed by atoms with Crippen LogP contribution in [0.1, 0.15) is 23.2 Å². The lowest BCUT2D eigenvalue weighted by atomic mass is 10.1. The third-order valence-corrected chi connectivity index (χ3v) is 3.61. The molecular formula is C15H19N3O4. The number of carbonyl (C=O) groups excluding carboxylic acids is 2. The van der Waals surface area contributed by atoms with Crippen LogP contribution in [0.2, 0.25) is 0 Å². The van der Waals surface area contributed by atoms with Gasteiger partial charge in [-0.25, -0.2) is 0 Å². The van der Waals surface area contributed by atoms with E-state index < -0.39 is 5.97 Å². The molecule has 2 N–H and O–H groups in total. The molecule has 0 fully saturated rings. The predicted octanol–water partition coefficient (Wildman–Crippen LogP) is 1.01. The maximum Gasteiger partial charge on any atom is 0.305 e. The zero-order valence-corrected chi connectivity index (χ0v) is 12.6. The molecule has 0 atom stereocenters. The van der Waals surface area contributed by atoms with Gasteiger partial charge in [-0.3, -0.25) is 14.4 Å². The summed E-state index contributed by atoms with van der Waals surface area (Å²) in [5, 5.41) is 11.5. The van der Waals surface area contributed by atoms with Gasteiger partial charge in [0.2, 0.25) is 5.91 Å². The molecule has 22 heavy (non-hydrogen) atoms. The average Bonchev–Trinajstić information content (AvgIpc) is 2.62. The number of carboxylic acids is 1. The van der Waals surface area contributed by atoms with Gasteiger partial charge >= 0.3 is 5.97 Å². The van der Waals surface area contributed by atoms with Crippen LogP contribution < -0.4 is 10.2 Å². The Labute approximate surface area is 128 Å². The first-order chi connectivity index (χ1) is 10.4. The summed E-state index contributed by atoms with van der Waals surface area (Å²) in [7, 11) is 3.45. The van der Waals surface area contributed by atoms with Gasteiger partial charge in [-0.05, 0) is 18.2 Å². The summed E-state index contributed by atoms with van der Waals surface area (Å²) >= 11 is 0. The Morgan fingerprint density at radius 2 is 2.14 bits per heavy atom. The van der Waals surface area contributed by atoms with Crippen LogP contribution in [-0.2, 0) is 9.59 Å². The summed E-state index contributed by atoms with van der Waals surface area (Å²) in [6, 6.07) is 5.11. The number of anilines is 2. The largest absolute Gasteiger partial charge is 0.481 e. The molecule has 0 radical (unpaired) electrons. The third-order valence-electron chi connectivity index (χ3n) is 3.61. The Morgan fingerprint density at radius 3 is 2.82 bits per heavy atom. The first kappa shape index (κ1) is 15.8. The molecule has 0 saturated carbocycles. The van der Waals surface area contributed by atoms with Crippen LogP contribution in [0.25, 0.3) is 0 Å². The highest BCUT2D eigenvalue weighted by Crippen LogP contribution is 2.29. The first-order valence-corrected chi connectivity index (χ1v) is 7.01. The quantitative estimate of drug-likeness (QED) is 0.866. The van der Waals surface area contributed by atoms with Crippen molar-refractivity contribution in [1.82, 2.24) is 4.90 Å². The van der Waals surface area contributed by atoms with Crippen molar-refractivity contribution >= 4 is 29.2 Å². The number of carbonyl (C=O) groups is 3. The van der Waals surface area contributed by atoms with E-state index in [-0.39, 0.29) is 24.8 Å². The maximum atomic E-state index is 12.3. The minimum atomic E-state index is -0.949. The third kappa shape index (κ3) is 3.55. The van der Waals surface area contributed by atoms with Crippen LogP contribution >= 0.6 is 0 Å². The van der Waals surface area contributed by atoms with Crippen molar-refractivity contribution in [3.63, 3.8) is 0 Å². The molecule has 118 valence electrons. The SMILES string of the molecule is CN(CCC(=O)O)C(=O)c1ccc2c(c1)NC(=O)CCN2C. The highest BCUT2D eigenvalue weighted by atomic mass is 16.4. The Kier molecular flexibility index (Phi) is 4.65. The van der Waals surface area contributed by atoms with Gasteiger partial charge in [0.1, 0.15) is 0 Å². The number of hydrogen-bond donors (Lipinski definition) is 2. The van der Waals surface area contributed by atoms with E-state index in [1.807, 2.05) is 11.9 Å². The van der Waals surface area contributed by atoms with Gasteiger partial charge in [0.15, 0.2) is 0 Å². The topological polar surface area (TPSA) is 90.0 Å². The fourth-order valence-electron chi connectivity index (χ4n) is 2.29. The van der Waals surface area contributed by atoms with Crippen LogP contribution in [0.3, 0.4) is 0 Å². The average molecular weight is 305 g/mol. The molecule has 0 bridgehead atoms. The number of hydrogen-bond acceptors (Lipinski definition) is 4. The van der Waals surface area contributed by atoms with E-state index in [2.05, 4.69) is 5.32 Å². The summed E-state index contributed by atoms with van der Waals surface area (Å²) in [5.74, 6) is -1.31. The molecule has 1 aliphatic heterocycles. The van der Waals surface area contributed by atoms with Gasteiger partial charge in [0.25, 0.3) is 5.91 Å². The van der Waals surface area contributed by atoms with Crippen LogP contribution in [-0.4, -0.2) is 55.0 Å². The molecular weight excluding hydrogens is 286 g/mol. The van der Waals surface area contributed by atoms with Gasteiger partial charge in [0, 0.05) is 39.2 Å². The number of aliphatic carboxylic acids is 1. The molecule has 1 aromatic rings. The second-order valence-corrected chi connectivity index (χ2v) is 5.32. The summed E-state index contributed by atoms with van der Waals surface area (Å²) < 4.78 is 0. The Hall–Kier alpha value is -2.57. The summed E-state index contributed by atoms with van der Waals surface area (Å²) in [6.07, 6.45) is 0.291. The lowest BCUT2D eigenvalue weighted by Gasteiger charge is -2.20. The fraction of sp³-hybridized carbons (Fsp3) is 0.400. The van der Waals surface area contributed by atoms with Crippen molar-refractivity contribution < 1.29 is 19.5 Å². The Balaban J connectivity index is 2.21. The lowest BCUT2D eigenvalue weighted by Crippen LogP contribution is -2.29. The van der Waals surface area contributed by atoms with Gasteiger partial charge < -0.3 is 20.2 Å². The summed E-state index contributed by atoms with van der Waals surface area (Å²) in [4.78, 5) is 37.9. The van der Waals surface area contributed by atoms with Crippen molar-refractivity contribution in [3.05, 3.63) is 23.8 Å². The second kappa shape index (κ2) is 6.46. The number of amides is 2. The van der Waals surface area contributed by atoms with E-state index in [0.717, 1.165) is 5.69 Å². The summed E-state index contributed by atoms with van der Waals surface area (Å²) in [5.41, 5.74) is 1.88. The van der Waals surface area contributed by atoms with E-state index in [1.54, 1.807) is 25.2 Å². The lowest BCUT2D eigenvalue weighted by molar-refractivity contribution is -0.137. The van der Waals surface area contributed by atoms with E-state index >= 15 is 0 Å². The van der Waals surface area contributed by atoms with Crippen LogP contribution in [0.15, 0.2) is 18.2 Å². The van der Waals surface area contributed by atoms with Gasteiger partial charge in [-0.15, -0.1) is 0 Å². The molecule has 1 heterocycles. The van der Waals surface area contributed by atoms with Crippen molar-refractivity contribution in [3.8, 4) is 0 Å². The zero-order valence-electron chi connectivity index (χ0n) is 12.6. The number of nitrogens with one attached hydrogen (secondary N) is 1. The standard InChI is InChI=1S/C15H19N3O4/c1-17-7-5-13(19)16-11-9-10(3-4-12(11)17)15(22)18(2)8-6-14(20)21/h3-4,9H,5-8H2,1-2H3,(H,16,19)(H,20,21). The number of rotatable bonds is 4. The molecule has 7 heteroatoms. The Bertz CT molecular complexity index is 615. The molecule has 1 aliphatic rings. The number of benzene rings is 1. The minimum Gasteiger partial charge on any atom is -0.481 e. The maximum absolute atomic E-state index is 12.3. The van der Waals surface area contributed by atoms with E-state index in [9.17, 15) is 14.4 Å². The molecule has 2 amide bonds. The van der Waals surface area contributed by atoms with Gasteiger partial charge in [-0.1, -0.05) is 0 Å². The van der Waals surface area contributed by atoms with Crippen molar-refractivity contribution in [2.75, 3.05) is 37.4 Å². The smallest absolute Gasteiger partial charge is 0.305 e. The highest BCUT2D eigenvalue weighted by molar-refractivity contribution is 6.00. The summed E-state index contributed by atoms with van der Waals surface area (Å²) in [6.45, 7) is 0.752. The normalized spacial score (nSPS) is 13.9. The van der Waals surface area contributed by atoms with E-state index in [1.165, 1.54) is 4.90 Å². The minimum absolute atomic E-state index is 0.0885. The molecule has 0 saturated heterocycles. The second-order valence-electron chi connectivity index (χ2n) is 5.32. The molecule has 7 nitrogen and oxygen atoms in total. The molecule has 1 aromatic carbocycles. The predicted molar refractivity (Wildman–Crippen MR) is 82.2 cm³/mol. The van der Waals surface area contributed by atoms with Gasteiger partial charge in [-0.2, -0.15) is 0 Å². The van der Waals surface area contributed by atoms with Crippen molar-refractivity contribution in [2.24, 2.45) is 0 Å². The van der Waals surface area contributed by atoms with Gasteiger partial charge in [0.05, 0.1) is 17.8 Å². The molecule has 0 aromatic heterocycles. The van der Waals surface area contributed by atoms with Crippen LogP contribution in [0.4, 0.5) is 11.4 Å². The van der Waals surface area contributed by atoms with E-state index in [0.29, 0.717) is 24.2 Å². The molecule has 0 unspecified atom stereocenters. The monoisotopic (exact) mass is 305 g/mol. The number of fused-ring (bicyclic) bond motifs is 1. The molecule has 2 rings (SSSR count). The van der Waals surface area contributed by atoms with Crippen molar-refractivity contribution in [1.29, 1.82) is 0 Å². The zero-order chi connectivity index (χ0) is 16.3. The van der Waals surface area contributed by atoms with E-state index in [4.69, 9.17) is 5.11 Å². The molecule has 0 spiro atoms. The highest BCUT2D eigenvalue weighted by Gasteiger charge is 2.19. The van der Waals surface area contributed by atoms with Crippen LogP contribution in [0.5, 0.6) is 0 Å². The molecule has 0 aliphatic carbocycles. The fourth-order valence-corrected chi connectivity index (χ4v) is 2.29.